The number of hydrogen-bond acceptors (Lipinski definition) is 9. The summed E-state index contributed by atoms with van der Waals surface area (Å²) >= 11 is 0. The molecule has 0 radical (unpaired) electrons. The fourth-order valence-corrected chi connectivity index (χ4v) is 5.03. The van der Waals surface area contributed by atoms with Crippen LogP contribution in [-0.4, -0.2) is 52.1 Å². The zero-order valence-corrected chi connectivity index (χ0v) is 21.3. The van der Waals surface area contributed by atoms with Crippen molar-refractivity contribution in [1.29, 1.82) is 0 Å². The van der Waals surface area contributed by atoms with Gasteiger partial charge in [0, 0.05) is 18.2 Å². The number of aromatic nitrogens is 2. The van der Waals surface area contributed by atoms with Crippen molar-refractivity contribution < 1.29 is 33.0 Å². The van der Waals surface area contributed by atoms with Gasteiger partial charge in [0.25, 0.3) is 5.56 Å². The van der Waals surface area contributed by atoms with Crippen molar-refractivity contribution in [1.82, 2.24) is 14.6 Å². The van der Waals surface area contributed by atoms with Crippen LogP contribution < -0.4 is 20.9 Å². The third-order valence-corrected chi connectivity index (χ3v) is 7.33. The molecule has 12 nitrogen and oxygen atoms in total. The van der Waals surface area contributed by atoms with E-state index in [2.05, 4.69) is 10.1 Å². The molecule has 0 saturated carbocycles. The van der Waals surface area contributed by atoms with Gasteiger partial charge in [-0.1, -0.05) is 38.5 Å². The average Bonchev–Trinajstić information content (AvgIpc) is 3.12. The molecule has 0 aliphatic carbocycles. The number of para-hydroxylation sites is 1. The number of carbonyl (C=O) groups excluding carboxylic acids is 1. The molecule has 198 valence electrons. The minimum atomic E-state index is -4.13. The number of unbranched alkanes of at least 4 members (excludes halogenated alkanes) is 1. The first-order chi connectivity index (χ1) is 17.1. The Morgan fingerprint density at radius 3 is 2.67 bits per heavy atom. The Morgan fingerprint density at radius 2 is 2.00 bits per heavy atom. The van der Waals surface area contributed by atoms with Crippen molar-refractivity contribution in [2.75, 3.05) is 13.2 Å². The van der Waals surface area contributed by atoms with E-state index in [1.165, 1.54) is 13.1 Å². The van der Waals surface area contributed by atoms with Gasteiger partial charge in [-0.25, -0.2) is 9.36 Å². The van der Waals surface area contributed by atoms with Gasteiger partial charge in [0.05, 0.1) is 19.3 Å². The van der Waals surface area contributed by atoms with Crippen LogP contribution in [0.3, 0.4) is 0 Å². The number of benzene rings is 1. The summed E-state index contributed by atoms with van der Waals surface area (Å²) in [4.78, 5) is 38.0. The molecule has 6 atom stereocenters. The molecule has 1 aliphatic rings. The number of esters is 1. The van der Waals surface area contributed by atoms with Crippen LogP contribution in [0.4, 0.5) is 0 Å². The number of nitrogens with one attached hydrogen (secondary N) is 2. The first-order valence-electron chi connectivity index (χ1n) is 11.7. The number of nitrogens with zero attached hydrogens (tertiary/aromatic N) is 1. The van der Waals surface area contributed by atoms with Gasteiger partial charge in [-0.15, -0.1) is 0 Å². The van der Waals surface area contributed by atoms with Crippen LogP contribution in [-0.2, 0) is 23.4 Å². The lowest BCUT2D eigenvalue weighted by atomic mass is 10.0. The van der Waals surface area contributed by atoms with Crippen molar-refractivity contribution in [2.45, 2.75) is 58.1 Å². The van der Waals surface area contributed by atoms with E-state index in [9.17, 15) is 24.1 Å². The van der Waals surface area contributed by atoms with E-state index in [0.29, 0.717) is 6.42 Å². The molecule has 3 N–H and O–H groups in total. The van der Waals surface area contributed by atoms with E-state index in [1.54, 1.807) is 37.3 Å². The maximum Gasteiger partial charge on any atom is 0.459 e. The van der Waals surface area contributed by atoms with E-state index >= 15 is 0 Å². The molecule has 13 heteroatoms. The van der Waals surface area contributed by atoms with Crippen LogP contribution in [0.25, 0.3) is 0 Å². The second kappa shape index (κ2) is 12.5. The minimum Gasteiger partial charge on any atom is -0.465 e. The predicted octanol–water partition coefficient (Wildman–Crippen LogP) is 1.96. The van der Waals surface area contributed by atoms with Gasteiger partial charge in [0.15, 0.2) is 6.23 Å². The molecule has 1 aromatic heterocycles. The molecule has 1 unspecified atom stereocenters. The van der Waals surface area contributed by atoms with Gasteiger partial charge in [0.1, 0.15) is 17.9 Å². The highest BCUT2D eigenvalue weighted by Gasteiger charge is 2.44. The molecule has 0 spiro atoms. The number of ether oxygens (including phenoxy) is 2. The molecular weight excluding hydrogens is 493 g/mol. The Kier molecular flexibility index (Phi) is 9.63. The highest BCUT2D eigenvalue weighted by molar-refractivity contribution is 7.52. The Balaban J connectivity index is 1.72. The highest BCUT2D eigenvalue weighted by Crippen LogP contribution is 2.46. The van der Waals surface area contributed by atoms with E-state index in [0.717, 1.165) is 17.1 Å². The lowest BCUT2D eigenvalue weighted by Gasteiger charge is -2.24. The lowest BCUT2D eigenvalue weighted by molar-refractivity contribution is -0.145. The molecule has 0 amide bonds. The summed E-state index contributed by atoms with van der Waals surface area (Å²) in [7, 11) is -4.13. The topological polar surface area (TPSA) is 158 Å². The summed E-state index contributed by atoms with van der Waals surface area (Å²) in [5.74, 6) is -0.893. The van der Waals surface area contributed by atoms with Crippen LogP contribution in [0, 0.1) is 5.92 Å². The molecular formula is C23H32N3O9P. The molecule has 2 heterocycles. The molecule has 1 aromatic carbocycles. The van der Waals surface area contributed by atoms with Gasteiger partial charge in [0.2, 0.25) is 0 Å². The van der Waals surface area contributed by atoms with E-state index < -0.39 is 55.4 Å². The van der Waals surface area contributed by atoms with E-state index in [-0.39, 0.29) is 19.0 Å². The third kappa shape index (κ3) is 7.14. The number of carbonyl (C=O) groups is 1. The summed E-state index contributed by atoms with van der Waals surface area (Å²) in [5, 5.41) is 13.3. The standard InChI is InChI=1S/C23H32N3O9P/c1-4-5-13-32-22(29)16(3)25-36(31,35-17-9-7-6-8-10-17)33-14-18-15(2)20(28)21(34-18)26-12-11-19(27)24-23(26)30/h6-12,15-16,18,20-21,28H,4-5,13-14H2,1-3H3,(H,25,31)(H,24,27,30)/t15-,16+,18-,20-,21-,36?/m1/s1. The Morgan fingerprint density at radius 1 is 1.28 bits per heavy atom. The van der Waals surface area contributed by atoms with Gasteiger partial charge < -0.3 is 19.1 Å². The summed E-state index contributed by atoms with van der Waals surface area (Å²) in [6.45, 7) is 5.08. The summed E-state index contributed by atoms with van der Waals surface area (Å²) < 4.78 is 37.0. The molecule has 1 aliphatic heterocycles. The molecule has 1 saturated heterocycles. The monoisotopic (exact) mass is 525 g/mol. The number of hydrogen-bond donors (Lipinski definition) is 3. The molecule has 2 aromatic rings. The van der Waals surface area contributed by atoms with Gasteiger partial charge in [-0.2, -0.15) is 5.09 Å². The highest BCUT2D eigenvalue weighted by atomic mass is 31.2. The van der Waals surface area contributed by atoms with Crippen LogP contribution >= 0.6 is 7.75 Å². The van der Waals surface area contributed by atoms with Gasteiger partial charge in [-0.3, -0.25) is 23.7 Å². The van der Waals surface area contributed by atoms with Crippen molar-refractivity contribution in [3.63, 3.8) is 0 Å². The Hall–Kier alpha value is -2.76. The Labute approximate surface area is 208 Å². The SMILES string of the molecule is CCCCOC(=O)[C@H](C)NP(=O)(OC[C@H]1O[C@@H](n2ccc(=O)[nH]c2=O)[C@H](O)[C@@H]1C)Oc1ccccc1. The summed E-state index contributed by atoms with van der Waals surface area (Å²) in [6.07, 6.45) is -0.214. The van der Waals surface area contributed by atoms with Crippen LogP contribution in [0.1, 0.15) is 39.8 Å². The summed E-state index contributed by atoms with van der Waals surface area (Å²) in [5.41, 5.74) is -1.32. The molecule has 3 rings (SSSR count). The van der Waals surface area contributed by atoms with Crippen molar-refractivity contribution in [3.05, 3.63) is 63.4 Å². The maximum atomic E-state index is 13.6. The minimum absolute atomic E-state index is 0.239. The Bertz CT molecular complexity index is 1170. The quantitative estimate of drug-likeness (QED) is 0.212. The fourth-order valence-electron chi connectivity index (χ4n) is 3.53. The van der Waals surface area contributed by atoms with Crippen molar-refractivity contribution in [3.8, 4) is 5.75 Å². The maximum absolute atomic E-state index is 13.6. The largest absolute Gasteiger partial charge is 0.465 e. The third-order valence-electron chi connectivity index (χ3n) is 5.68. The van der Waals surface area contributed by atoms with Crippen LogP contribution in [0.2, 0.25) is 0 Å². The van der Waals surface area contributed by atoms with Crippen molar-refractivity contribution in [2.24, 2.45) is 5.92 Å². The fraction of sp³-hybridized carbons (Fsp3) is 0.522. The zero-order chi connectivity index (χ0) is 26.3. The number of aliphatic hydroxyl groups is 1. The normalized spacial score (nSPS) is 24.1. The first kappa shape index (κ1) is 27.8. The van der Waals surface area contributed by atoms with Gasteiger partial charge in [-0.05, 0) is 25.5 Å². The predicted molar refractivity (Wildman–Crippen MR) is 129 cm³/mol. The average molecular weight is 525 g/mol. The number of H-pyrrole nitrogens is 1. The number of aliphatic hydroxyl groups excluding tert-OH is 1. The molecule has 0 bridgehead atoms. The van der Waals surface area contributed by atoms with Crippen LogP contribution in [0.5, 0.6) is 5.75 Å². The smallest absolute Gasteiger partial charge is 0.459 e. The lowest BCUT2D eigenvalue weighted by Crippen LogP contribution is -2.36. The van der Waals surface area contributed by atoms with E-state index in [4.69, 9.17) is 18.5 Å². The van der Waals surface area contributed by atoms with E-state index in [1.807, 2.05) is 6.92 Å². The zero-order valence-electron chi connectivity index (χ0n) is 20.4. The molecule has 1 fully saturated rings. The second-order valence-electron chi connectivity index (χ2n) is 8.50. The van der Waals surface area contributed by atoms with Crippen LogP contribution in [0.15, 0.2) is 52.2 Å². The number of rotatable bonds is 12. The second-order valence-corrected chi connectivity index (χ2v) is 10.2. The van der Waals surface area contributed by atoms with Crippen molar-refractivity contribution >= 4 is 13.7 Å². The molecule has 36 heavy (non-hydrogen) atoms. The van der Waals surface area contributed by atoms with Gasteiger partial charge >= 0.3 is 19.4 Å². The number of aromatic amines is 1. The first-order valence-corrected chi connectivity index (χ1v) is 13.3. The summed E-state index contributed by atoms with van der Waals surface area (Å²) in [6, 6.07) is 8.43.